The van der Waals surface area contributed by atoms with Crippen LogP contribution < -0.4 is 0 Å². The fourth-order valence-corrected chi connectivity index (χ4v) is 10.1. The second-order valence-corrected chi connectivity index (χ2v) is 17.1. The Morgan fingerprint density at radius 3 is 0.582 bits per heavy atom. The molecule has 0 aliphatic heterocycles. The van der Waals surface area contributed by atoms with Gasteiger partial charge in [0.25, 0.3) is 0 Å². The lowest BCUT2D eigenvalue weighted by Crippen LogP contribution is -1.90. The average Bonchev–Trinajstić information content (AvgIpc) is 3.40. The van der Waals surface area contributed by atoms with E-state index in [0.29, 0.717) is 0 Å². The summed E-state index contributed by atoms with van der Waals surface area (Å²) in [6, 6.07) is 92.9. The Morgan fingerprint density at radius 2 is 0.343 bits per heavy atom. The summed E-state index contributed by atoms with van der Waals surface area (Å²) in [6.07, 6.45) is 4.40. The summed E-state index contributed by atoms with van der Waals surface area (Å²) in [4.78, 5) is 0. The van der Waals surface area contributed by atoms with E-state index in [1.54, 1.807) is 0 Å². The first-order chi connectivity index (χ1) is 32.7. The molecular weight excluding hydrogens is 805 g/mol. The van der Waals surface area contributed by atoms with Crippen LogP contribution in [0.15, 0.2) is 255 Å². The number of benzene rings is 12. The molecule has 0 radical (unpaired) electrons. The van der Waals surface area contributed by atoms with E-state index in [1.165, 1.54) is 121 Å². The highest BCUT2D eigenvalue weighted by atomic mass is 14.2. The molecule has 0 heterocycles. The van der Waals surface area contributed by atoms with Crippen molar-refractivity contribution in [3.8, 4) is 66.8 Å². The lowest BCUT2D eigenvalue weighted by Gasteiger charge is -2.18. The highest BCUT2D eigenvalue weighted by Crippen LogP contribution is 2.45. The fourth-order valence-electron chi connectivity index (χ4n) is 10.1. The molecule has 0 spiro atoms. The van der Waals surface area contributed by atoms with Gasteiger partial charge in [-0.15, -0.1) is 0 Å². The van der Waals surface area contributed by atoms with Crippen LogP contribution in [0.2, 0.25) is 0 Å². The molecule has 0 heteroatoms. The van der Waals surface area contributed by atoms with E-state index in [-0.39, 0.29) is 7.43 Å². The van der Waals surface area contributed by atoms with Crippen LogP contribution in [-0.4, -0.2) is 0 Å². The summed E-state index contributed by atoms with van der Waals surface area (Å²) in [5.41, 5.74) is 17.2. The Bertz CT molecular complexity index is 3360. The maximum atomic E-state index is 2.28. The Morgan fingerprint density at radius 1 is 0.164 bits per heavy atom. The molecule has 0 bridgehead atoms. The van der Waals surface area contributed by atoms with Crippen LogP contribution in [0, 0.1) is 0 Å². The van der Waals surface area contributed by atoms with E-state index < -0.39 is 0 Å². The van der Waals surface area contributed by atoms with Crippen LogP contribution >= 0.6 is 0 Å². The minimum Gasteiger partial charge on any atom is -0.0776 e. The molecule has 0 amide bonds. The van der Waals surface area contributed by atoms with E-state index in [0.717, 1.165) is 0 Å². The molecule has 0 aliphatic rings. The smallest absolute Gasteiger partial charge is 0.00264 e. The van der Waals surface area contributed by atoms with Crippen molar-refractivity contribution in [3.05, 3.63) is 266 Å². The number of rotatable bonds is 8. The van der Waals surface area contributed by atoms with E-state index in [9.17, 15) is 0 Å². The summed E-state index contributed by atoms with van der Waals surface area (Å²) in [5, 5.41) is 10.2. The highest BCUT2D eigenvalue weighted by Gasteiger charge is 2.18. The van der Waals surface area contributed by atoms with Gasteiger partial charge in [0.15, 0.2) is 0 Å². The van der Waals surface area contributed by atoms with E-state index in [4.69, 9.17) is 0 Å². The molecule has 12 rings (SSSR count). The Labute approximate surface area is 393 Å². The van der Waals surface area contributed by atoms with Gasteiger partial charge in [0.1, 0.15) is 0 Å². The van der Waals surface area contributed by atoms with Crippen molar-refractivity contribution < 1.29 is 0 Å². The topological polar surface area (TPSA) is 0 Å². The predicted octanol–water partition coefficient (Wildman–Crippen LogP) is 19.1. The largest absolute Gasteiger partial charge is 0.0776 e. The molecule has 12 aromatic rings. The third-order valence-corrected chi connectivity index (χ3v) is 13.3. The SMILES string of the molecule is C.C(=Cc1ccc(-c2ccc(-c3c4ccccc4c(-c4ccccc4)c4ccccc34)cc2)cc1)c1ccc(-c2ccc(-c3c4ccccc4c(-c4ccccc4)c4ccccc34)cc2)cc1. The first-order valence-corrected chi connectivity index (χ1v) is 22.8. The molecule has 0 fully saturated rings. The fraction of sp³-hybridized carbons (Fsp3) is 0.0149. The van der Waals surface area contributed by atoms with E-state index >= 15 is 0 Å². The second kappa shape index (κ2) is 17.8. The summed E-state index contributed by atoms with van der Waals surface area (Å²) in [5.74, 6) is 0. The Kier molecular flexibility index (Phi) is 10.9. The quantitative estimate of drug-likeness (QED) is 0.106. The van der Waals surface area contributed by atoms with Gasteiger partial charge in [-0.1, -0.05) is 274 Å². The van der Waals surface area contributed by atoms with Gasteiger partial charge in [-0.3, -0.25) is 0 Å². The van der Waals surface area contributed by atoms with Crippen LogP contribution in [0.4, 0.5) is 0 Å². The van der Waals surface area contributed by atoms with Gasteiger partial charge in [-0.2, -0.15) is 0 Å². The Balaban J connectivity index is 0.00000494. The zero-order chi connectivity index (χ0) is 43.8. The molecule has 0 nitrogen and oxygen atoms in total. The van der Waals surface area contributed by atoms with Crippen molar-refractivity contribution in [1.29, 1.82) is 0 Å². The second-order valence-electron chi connectivity index (χ2n) is 17.1. The molecule has 0 aliphatic carbocycles. The lowest BCUT2D eigenvalue weighted by molar-refractivity contribution is 1.59. The lowest BCUT2D eigenvalue weighted by atomic mass is 9.86. The molecule has 316 valence electrons. The maximum absolute atomic E-state index is 2.28. The van der Waals surface area contributed by atoms with E-state index in [1.807, 2.05) is 0 Å². The molecule has 0 unspecified atom stereocenters. The van der Waals surface area contributed by atoms with Crippen LogP contribution in [0.5, 0.6) is 0 Å². The summed E-state index contributed by atoms with van der Waals surface area (Å²) in [6.45, 7) is 0. The van der Waals surface area contributed by atoms with Crippen molar-refractivity contribution in [1.82, 2.24) is 0 Å². The molecule has 0 saturated heterocycles. The molecular formula is C67H48. The zero-order valence-corrected chi connectivity index (χ0v) is 36.4. The van der Waals surface area contributed by atoms with Gasteiger partial charge < -0.3 is 0 Å². The molecule has 0 saturated carbocycles. The number of fused-ring (bicyclic) bond motifs is 4. The first-order valence-electron chi connectivity index (χ1n) is 22.8. The normalized spacial score (nSPS) is 11.4. The van der Waals surface area contributed by atoms with Crippen LogP contribution in [0.3, 0.4) is 0 Å². The molecule has 67 heavy (non-hydrogen) atoms. The van der Waals surface area contributed by atoms with Crippen molar-refractivity contribution in [3.63, 3.8) is 0 Å². The molecule has 0 atom stereocenters. The number of hydrogen-bond donors (Lipinski definition) is 0. The van der Waals surface area contributed by atoms with Crippen molar-refractivity contribution in [2.24, 2.45) is 0 Å². The standard InChI is InChI=1S/C66H44.CH4/c1-3-15-51(16-4-1)63-55-19-7-11-23-59(55)65(60-24-12-8-20-56(60)63)53-41-37-49(38-42-53)47-33-29-45(30-34-47)27-28-46-31-35-48(36-32-46)50-39-43-54(44-40-50)66-61-25-13-9-21-57(61)64(52-17-5-2-6-18-52)58-22-10-14-26-62(58)66;/h1-44H;1H4. The van der Waals surface area contributed by atoms with Crippen molar-refractivity contribution in [2.45, 2.75) is 7.43 Å². The highest BCUT2D eigenvalue weighted by molar-refractivity contribution is 6.22. The van der Waals surface area contributed by atoms with Crippen molar-refractivity contribution in [2.75, 3.05) is 0 Å². The number of hydrogen-bond acceptors (Lipinski definition) is 0. The zero-order valence-electron chi connectivity index (χ0n) is 36.4. The minimum absolute atomic E-state index is 0. The summed E-state index contributed by atoms with van der Waals surface area (Å²) < 4.78 is 0. The third-order valence-electron chi connectivity index (χ3n) is 13.3. The van der Waals surface area contributed by atoms with Crippen LogP contribution in [0.25, 0.3) is 122 Å². The third kappa shape index (κ3) is 7.59. The van der Waals surface area contributed by atoms with Gasteiger partial charge in [-0.05, 0) is 121 Å². The van der Waals surface area contributed by atoms with Gasteiger partial charge in [0.05, 0.1) is 0 Å². The summed E-state index contributed by atoms with van der Waals surface area (Å²) >= 11 is 0. The Hall–Kier alpha value is -8.58. The minimum atomic E-state index is 0. The van der Waals surface area contributed by atoms with Gasteiger partial charge >= 0.3 is 0 Å². The van der Waals surface area contributed by atoms with E-state index in [2.05, 4.69) is 267 Å². The predicted molar refractivity (Wildman–Crippen MR) is 291 cm³/mol. The molecule has 0 N–H and O–H groups in total. The first kappa shape index (κ1) is 41.1. The maximum Gasteiger partial charge on any atom is -0.00264 e. The van der Waals surface area contributed by atoms with Gasteiger partial charge in [-0.25, -0.2) is 0 Å². The van der Waals surface area contributed by atoms with Crippen LogP contribution in [-0.2, 0) is 0 Å². The van der Waals surface area contributed by atoms with Gasteiger partial charge in [0, 0.05) is 0 Å². The van der Waals surface area contributed by atoms with Gasteiger partial charge in [0.2, 0.25) is 0 Å². The monoisotopic (exact) mass is 852 g/mol. The molecule has 0 aromatic heterocycles. The van der Waals surface area contributed by atoms with Crippen molar-refractivity contribution >= 4 is 55.2 Å². The van der Waals surface area contributed by atoms with Crippen LogP contribution in [0.1, 0.15) is 18.6 Å². The summed E-state index contributed by atoms with van der Waals surface area (Å²) in [7, 11) is 0. The molecule has 12 aromatic carbocycles. The average molecular weight is 853 g/mol.